The van der Waals surface area contributed by atoms with Crippen LogP contribution in [-0.4, -0.2) is 13.1 Å². The van der Waals surface area contributed by atoms with Crippen molar-refractivity contribution < 1.29 is 9.53 Å². The van der Waals surface area contributed by atoms with E-state index < -0.39 is 0 Å². The molecule has 0 radical (unpaired) electrons. The fourth-order valence-corrected chi connectivity index (χ4v) is 1.41. The molecule has 1 fully saturated rings. The molecule has 0 N–H and O–H groups in total. The molecule has 0 saturated heterocycles. The van der Waals surface area contributed by atoms with E-state index >= 15 is 0 Å². The van der Waals surface area contributed by atoms with Crippen LogP contribution in [0.4, 0.5) is 0 Å². The number of hydrogen-bond donors (Lipinski definition) is 0. The number of hydrogen-bond acceptors (Lipinski definition) is 2. The molecule has 0 heterocycles. The average molecular weight is 142 g/mol. The molecule has 1 atom stereocenters. The van der Waals surface area contributed by atoms with Gasteiger partial charge in [-0.2, -0.15) is 0 Å². The molecule has 1 unspecified atom stereocenters. The first kappa shape index (κ1) is 7.58. The van der Waals surface area contributed by atoms with E-state index in [1.54, 1.807) is 0 Å². The van der Waals surface area contributed by atoms with E-state index in [1.165, 1.54) is 7.11 Å². The predicted octanol–water partition coefficient (Wildman–Crippen LogP) is 1.60. The van der Waals surface area contributed by atoms with Crippen molar-refractivity contribution in [3.05, 3.63) is 0 Å². The van der Waals surface area contributed by atoms with Crippen LogP contribution >= 0.6 is 0 Å². The summed E-state index contributed by atoms with van der Waals surface area (Å²) in [7, 11) is 1.45. The van der Waals surface area contributed by atoms with Gasteiger partial charge in [-0.1, -0.05) is 13.8 Å². The van der Waals surface area contributed by atoms with E-state index in [9.17, 15) is 4.79 Å². The maximum atomic E-state index is 11.1. The van der Waals surface area contributed by atoms with Gasteiger partial charge in [-0.3, -0.25) is 4.79 Å². The van der Waals surface area contributed by atoms with Crippen LogP contribution in [0.15, 0.2) is 0 Å². The molecular weight excluding hydrogens is 128 g/mol. The largest absolute Gasteiger partial charge is 0.469 e. The zero-order chi connectivity index (χ0) is 7.99. The quantitative estimate of drug-likeness (QED) is 0.520. The predicted molar refractivity (Wildman–Crippen MR) is 38.5 cm³/mol. The Labute approximate surface area is 61.6 Å². The van der Waals surface area contributed by atoms with Gasteiger partial charge in [0.25, 0.3) is 0 Å². The molecule has 0 aromatic rings. The molecule has 0 spiro atoms. The first-order chi connectivity index (χ1) is 4.44. The highest BCUT2D eigenvalue weighted by Crippen LogP contribution is 2.63. The van der Waals surface area contributed by atoms with Crippen LogP contribution in [-0.2, 0) is 9.53 Å². The van der Waals surface area contributed by atoms with Gasteiger partial charge in [0.2, 0.25) is 0 Å². The van der Waals surface area contributed by atoms with Crippen LogP contribution in [0.5, 0.6) is 0 Å². The smallest absolute Gasteiger partial charge is 0.312 e. The fourth-order valence-electron chi connectivity index (χ4n) is 1.41. The Hall–Kier alpha value is -0.530. The van der Waals surface area contributed by atoms with Gasteiger partial charge >= 0.3 is 5.97 Å². The van der Waals surface area contributed by atoms with Gasteiger partial charge in [0.05, 0.1) is 12.5 Å². The van der Waals surface area contributed by atoms with Crippen molar-refractivity contribution >= 4 is 5.97 Å². The second-order valence-electron chi connectivity index (χ2n) is 3.88. The van der Waals surface area contributed by atoms with E-state index in [0.29, 0.717) is 0 Å². The Morgan fingerprint density at radius 1 is 1.40 bits per heavy atom. The fraction of sp³-hybridized carbons (Fsp3) is 0.875. The number of carbonyl (C=O) groups is 1. The van der Waals surface area contributed by atoms with Crippen molar-refractivity contribution in [2.75, 3.05) is 7.11 Å². The first-order valence-corrected chi connectivity index (χ1v) is 3.52. The van der Waals surface area contributed by atoms with Crippen molar-refractivity contribution in [3.8, 4) is 0 Å². The van der Waals surface area contributed by atoms with Crippen molar-refractivity contribution in [1.29, 1.82) is 0 Å². The summed E-state index contributed by atoms with van der Waals surface area (Å²) in [5, 5.41) is 0. The molecule has 0 aromatic carbocycles. The van der Waals surface area contributed by atoms with Crippen molar-refractivity contribution in [3.63, 3.8) is 0 Å². The van der Waals surface area contributed by atoms with Crippen molar-refractivity contribution in [2.45, 2.75) is 27.2 Å². The molecule has 1 aliphatic carbocycles. The summed E-state index contributed by atoms with van der Waals surface area (Å²) in [6, 6.07) is 0. The minimum atomic E-state index is -0.207. The SMILES string of the molecule is COC(=O)C1(C)CC1(C)C. The van der Waals surface area contributed by atoms with Gasteiger partial charge in [-0.25, -0.2) is 0 Å². The molecule has 58 valence electrons. The molecule has 1 saturated carbocycles. The summed E-state index contributed by atoms with van der Waals surface area (Å²) in [4.78, 5) is 11.1. The van der Waals surface area contributed by atoms with E-state index in [1.807, 2.05) is 6.92 Å². The number of esters is 1. The average Bonchev–Trinajstić information content (AvgIpc) is 2.32. The third-order valence-corrected chi connectivity index (χ3v) is 2.80. The second-order valence-corrected chi connectivity index (χ2v) is 3.88. The lowest BCUT2D eigenvalue weighted by atomic mass is 9.99. The molecular formula is C8H14O2. The van der Waals surface area contributed by atoms with Gasteiger partial charge in [0, 0.05) is 0 Å². The van der Waals surface area contributed by atoms with E-state index in [2.05, 4.69) is 18.6 Å². The molecule has 0 amide bonds. The van der Waals surface area contributed by atoms with Crippen LogP contribution in [0.25, 0.3) is 0 Å². The molecule has 0 aromatic heterocycles. The molecule has 1 aliphatic rings. The van der Waals surface area contributed by atoms with Crippen molar-refractivity contribution in [2.24, 2.45) is 10.8 Å². The highest BCUT2D eigenvalue weighted by molar-refractivity contribution is 5.81. The summed E-state index contributed by atoms with van der Waals surface area (Å²) in [6.07, 6.45) is 0.951. The van der Waals surface area contributed by atoms with Gasteiger partial charge < -0.3 is 4.74 Å². The Morgan fingerprint density at radius 2 is 1.80 bits per heavy atom. The van der Waals surface area contributed by atoms with E-state index in [0.717, 1.165) is 6.42 Å². The maximum absolute atomic E-state index is 11.1. The van der Waals surface area contributed by atoms with Gasteiger partial charge in [-0.05, 0) is 18.8 Å². The standard InChI is InChI=1S/C8H14O2/c1-7(2)5-8(7,3)6(9)10-4/h5H2,1-4H3. The lowest BCUT2D eigenvalue weighted by Gasteiger charge is -2.10. The van der Waals surface area contributed by atoms with Crippen molar-refractivity contribution in [1.82, 2.24) is 0 Å². The molecule has 10 heavy (non-hydrogen) atoms. The van der Waals surface area contributed by atoms with Crippen LogP contribution in [0, 0.1) is 10.8 Å². The lowest BCUT2D eigenvalue weighted by Crippen LogP contribution is -2.18. The van der Waals surface area contributed by atoms with Gasteiger partial charge in [-0.15, -0.1) is 0 Å². The Bertz CT molecular complexity index is 172. The summed E-state index contributed by atoms with van der Waals surface area (Å²) in [6.45, 7) is 6.13. The Kier molecular flexibility index (Phi) is 1.32. The molecule has 2 heteroatoms. The summed E-state index contributed by atoms with van der Waals surface area (Å²) in [5.74, 6) is -0.0718. The zero-order valence-electron chi connectivity index (χ0n) is 7.02. The van der Waals surface area contributed by atoms with Crippen LogP contribution in [0.2, 0.25) is 0 Å². The summed E-state index contributed by atoms with van der Waals surface area (Å²) < 4.78 is 4.67. The van der Waals surface area contributed by atoms with Gasteiger partial charge in [0.1, 0.15) is 0 Å². The maximum Gasteiger partial charge on any atom is 0.312 e. The Balaban J connectivity index is 2.68. The minimum absolute atomic E-state index is 0.0718. The first-order valence-electron chi connectivity index (χ1n) is 3.52. The topological polar surface area (TPSA) is 26.3 Å². The molecule has 2 nitrogen and oxygen atoms in total. The molecule has 0 aliphatic heterocycles. The third kappa shape index (κ3) is 0.746. The molecule has 1 rings (SSSR count). The number of rotatable bonds is 1. The van der Waals surface area contributed by atoms with Crippen LogP contribution < -0.4 is 0 Å². The third-order valence-electron chi connectivity index (χ3n) is 2.80. The Morgan fingerprint density at radius 3 is 1.90 bits per heavy atom. The van der Waals surface area contributed by atoms with E-state index in [-0.39, 0.29) is 16.8 Å². The monoisotopic (exact) mass is 142 g/mol. The highest BCUT2D eigenvalue weighted by atomic mass is 16.5. The van der Waals surface area contributed by atoms with Crippen LogP contribution in [0.3, 0.4) is 0 Å². The minimum Gasteiger partial charge on any atom is -0.469 e. The van der Waals surface area contributed by atoms with Gasteiger partial charge in [0.15, 0.2) is 0 Å². The number of ether oxygens (including phenoxy) is 1. The highest BCUT2D eigenvalue weighted by Gasteiger charge is 2.63. The normalized spacial score (nSPS) is 35.2. The zero-order valence-corrected chi connectivity index (χ0v) is 7.02. The molecule has 0 bridgehead atoms. The van der Waals surface area contributed by atoms with E-state index in [4.69, 9.17) is 0 Å². The number of methoxy groups -OCH3 is 1. The second kappa shape index (κ2) is 1.74. The summed E-state index contributed by atoms with van der Waals surface area (Å²) in [5.41, 5.74) is -0.0537. The number of carbonyl (C=O) groups excluding carboxylic acids is 1. The lowest BCUT2D eigenvalue weighted by molar-refractivity contribution is -0.147. The summed E-state index contributed by atoms with van der Waals surface area (Å²) >= 11 is 0. The van der Waals surface area contributed by atoms with Crippen LogP contribution in [0.1, 0.15) is 27.2 Å².